The molecule has 0 radical (unpaired) electrons. The van der Waals surface area contributed by atoms with E-state index in [2.05, 4.69) is 10.3 Å². The highest BCUT2D eigenvalue weighted by Crippen LogP contribution is 2.47. The number of fused-ring (bicyclic) bond motifs is 2. The Balaban J connectivity index is 1.71. The highest BCUT2D eigenvalue weighted by atomic mass is 16.5. The summed E-state index contributed by atoms with van der Waals surface area (Å²) in [5.41, 5.74) is 4.85. The summed E-state index contributed by atoms with van der Waals surface area (Å²) in [6.07, 6.45) is 0. The first kappa shape index (κ1) is 24.4. The van der Waals surface area contributed by atoms with Gasteiger partial charge in [0.05, 0.1) is 32.6 Å². The Morgan fingerprint density at radius 3 is 2.54 bits per heavy atom. The topological polar surface area (TPSA) is 92.9 Å². The number of nitrogens with zero attached hydrogens (tertiary/aromatic N) is 1. The van der Waals surface area contributed by atoms with Gasteiger partial charge in [-0.1, -0.05) is 36.4 Å². The van der Waals surface area contributed by atoms with Gasteiger partial charge in [-0.15, -0.1) is 0 Å². The monoisotopic (exact) mass is 499 g/mol. The van der Waals surface area contributed by atoms with Crippen LogP contribution in [0.25, 0.3) is 22.2 Å². The largest absolute Gasteiger partial charge is 0.497 e. The fraction of sp³-hybridized carbons (Fsp3) is 0.241. The first-order valence-electron chi connectivity index (χ1n) is 12.1. The normalized spacial score (nSPS) is 14.6. The third kappa shape index (κ3) is 4.40. The summed E-state index contributed by atoms with van der Waals surface area (Å²) < 4.78 is 16.3. The fourth-order valence-electron chi connectivity index (χ4n) is 5.02. The average molecular weight is 500 g/mol. The van der Waals surface area contributed by atoms with Crippen LogP contribution in [0.1, 0.15) is 27.5 Å². The Kier molecular flexibility index (Phi) is 6.83. The summed E-state index contributed by atoms with van der Waals surface area (Å²) in [6.45, 7) is 0.677. The second kappa shape index (κ2) is 10.4. The number of aromatic nitrogens is 1. The number of benzene rings is 3. The number of para-hydroxylation sites is 1. The lowest BCUT2D eigenvalue weighted by Crippen LogP contribution is -2.40. The van der Waals surface area contributed by atoms with Gasteiger partial charge in [0.25, 0.3) is 5.91 Å². The lowest BCUT2D eigenvalue weighted by atomic mass is 9.93. The van der Waals surface area contributed by atoms with Crippen LogP contribution in [0, 0.1) is 0 Å². The standard InChI is InChI=1S/C29H29N3O5/c1-35-15-14-30-25(33)17-32-28(19-8-4-5-9-20(19)29(32)34)26-21-10-6-7-11-23(21)31-27(26)22-16-18(36-2)12-13-24(22)37-3/h4-13,16,28,31H,14-15,17H2,1-3H3,(H,30,33). The van der Waals surface area contributed by atoms with Crippen LogP contribution in [0.5, 0.6) is 11.5 Å². The molecule has 8 heteroatoms. The molecule has 0 fully saturated rings. The van der Waals surface area contributed by atoms with Gasteiger partial charge in [0.15, 0.2) is 0 Å². The number of nitrogens with one attached hydrogen (secondary N) is 2. The third-order valence-electron chi connectivity index (χ3n) is 6.70. The van der Waals surface area contributed by atoms with Crippen LogP contribution in [0.3, 0.4) is 0 Å². The molecule has 0 spiro atoms. The van der Waals surface area contributed by atoms with E-state index in [1.54, 1.807) is 26.2 Å². The van der Waals surface area contributed by atoms with Crippen molar-refractivity contribution in [2.45, 2.75) is 6.04 Å². The molecule has 2 heterocycles. The second-order valence-electron chi connectivity index (χ2n) is 8.79. The minimum absolute atomic E-state index is 0.0872. The number of H-pyrrole nitrogens is 1. The van der Waals surface area contributed by atoms with E-state index in [1.165, 1.54) is 0 Å². The molecule has 0 aliphatic carbocycles. The predicted molar refractivity (Wildman–Crippen MR) is 141 cm³/mol. The van der Waals surface area contributed by atoms with E-state index >= 15 is 0 Å². The molecule has 2 amide bonds. The minimum Gasteiger partial charge on any atom is -0.497 e. The number of ether oxygens (including phenoxy) is 3. The van der Waals surface area contributed by atoms with Crippen molar-refractivity contribution in [3.8, 4) is 22.8 Å². The van der Waals surface area contributed by atoms with Gasteiger partial charge in [0.2, 0.25) is 5.91 Å². The van der Waals surface area contributed by atoms with Gasteiger partial charge in [-0.25, -0.2) is 0 Å². The minimum atomic E-state index is -0.487. The van der Waals surface area contributed by atoms with Crippen LogP contribution < -0.4 is 14.8 Å². The molecule has 1 aliphatic rings. The van der Waals surface area contributed by atoms with Gasteiger partial charge in [-0.05, 0) is 35.9 Å². The Morgan fingerprint density at radius 2 is 1.76 bits per heavy atom. The van der Waals surface area contributed by atoms with E-state index in [9.17, 15) is 9.59 Å². The van der Waals surface area contributed by atoms with E-state index in [0.29, 0.717) is 30.2 Å². The van der Waals surface area contributed by atoms with Gasteiger partial charge in [-0.2, -0.15) is 0 Å². The molecule has 37 heavy (non-hydrogen) atoms. The molecule has 1 aliphatic heterocycles. The fourth-order valence-corrected chi connectivity index (χ4v) is 5.02. The van der Waals surface area contributed by atoms with Crippen LogP contribution in [0.15, 0.2) is 66.7 Å². The molecule has 1 aromatic heterocycles. The van der Waals surface area contributed by atoms with Crippen LogP contribution in [0.4, 0.5) is 0 Å². The Labute approximate surface area is 215 Å². The van der Waals surface area contributed by atoms with Gasteiger partial charge >= 0.3 is 0 Å². The average Bonchev–Trinajstić information content (AvgIpc) is 3.43. The van der Waals surface area contributed by atoms with E-state index in [4.69, 9.17) is 14.2 Å². The zero-order valence-electron chi connectivity index (χ0n) is 21.0. The molecule has 0 saturated heterocycles. The van der Waals surface area contributed by atoms with E-state index in [0.717, 1.165) is 33.3 Å². The van der Waals surface area contributed by atoms with E-state index < -0.39 is 6.04 Å². The van der Waals surface area contributed by atoms with Crippen molar-refractivity contribution < 1.29 is 23.8 Å². The summed E-state index contributed by atoms with van der Waals surface area (Å²) in [5.74, 6) is 0.910. The van der Waals surface area contributed by atoms with Gasteiger partial charge in [0, 0.05) is 41.2 Å². The molecule has 2 N–H and O–H groups in total. The molecule has 3 aromatic carbocycles. The molecule has 190 valence electrons. The number of methoxy groups -OCH3 is 3. The summed E-state index contributed by atoms with van der Waals surface area (Å²) in [5, 5.41) is 3.80. The molecule has 8 nitrogen and oxygen atoms in total. The maximum absolute atomic E-state index is 13.6. The molecular weight excluding hydrogens is 470 g/mol. The number of carbonyl (C=O) groups is 2. The van der Waals surface area contributed by atoms with Gasteiger partial charge < -0.3 is 29.4 Å². The van der Waals surface area contributed by atoms with Crippen LogP contribution in [-0.2, 0) is 9.53 Å². The number of amides is 2. The summed E-state index contributed by atoms with van der Waals surface area (Å²) in [7, 11) is 4.82. The Bertz CT molecular complexity index is 1460. The number of rotatable bonds is 9. The molecular formula is C29H29N3O5. The SMILES string of the molecule is COCCNC(=O)CN1C(=O)c2ccccc2C1c1c(-c2cc(OC)ccc2OC)[nH]c2ccccc12. The van der Waals surface area contributed by atoms with Crippen molar-refractivity contribution in [3.63, 3.8) is 0 Å². The second-order valence-corrected chi connectivity index (χ2v) is 8.79. The lowest BCUT2D eigenvalue weighted by molar-refractivity contribution is -0.122. The summed E-state index contributed by atoms with van der Waals surface area (Å²) in [4.78, 5) is 31.7. The van der Waals surface area contributed by atoms with Crippen LogP contribution in [-0.4, -0.2) is 62.7 Å². The molecule has 1 unspecified atom stereocenters. The lowest BCUT2D eigenvalue weighted by Gasteiger charge is -2.26. The predicted octanol–water partition coefficient (Wildman–Crippen LogP) is 4.16. The summed E-state index contributed by atoms with van der Waals surface area (Å²) >= 11 is 0. The zero-order chi connectivity index (χ0) is 25.9. The maximum atomic E-state index is 13.6. The highest BCUT2D eigenvalue weighted by molar-refractivity contribution is 6.03. The number of hydrogen-bond donors (Lipinski definition) is 2. The van der Waals surface area contributed by atoms with Gasteiger partial charge in [-0.3, -0.25) is 9.59 Å². The number of carbonyl (C=O) groups excluding carboxylic acids is 2. The smallest absolute Gasteiger partial charge is 0.255 e. The van der Waals surface area contributed by atoms with Crippen LogP contribution in [0.2, 0.25) is 0 Å². The van der Waals surface area contributed by atoms with Crippen LogP contribution >= 0.6 is 0 Å². The Hall–Kier alpha value is -4.30. The van der Waals surface area contributed by atoms with Crippen molar-refractivity contribution in [2.24, 2.45) is 0 Å². The molecule has 0 bridgehead atoms. The Morgan fingerprint density at radius 1 is 0.973 bits per heavy atom. The highest BCUT2D eigenvalue weighted by Gasteiger charge is 2.41. The van der Waals surface area contributed by atoms with Crippen molar-refractivity contribution in [1.29, 1.82) is 0 Å². The van der Waals surface area contributed by atoms with Crippen molar-refractivity contribution in [1.82, 2.24) is 15.2 Å². The molecule has 0 saturated carbocycles. The maximum Gasteiger partial charge on any atom is 0.255 e. The molecule has 5 rings (SSSR count). The van der Waals surface area contributed by atoms with Crippen molar-refractivity contribution >= 4 is 22.7 Å². The molecule has 1 atom stereocenters. The number of hydrogen-bond acceptors (Lipinski definition) is 5. The van der Waals surface area contributed by atoms with Crippen molar-refractivity contribution in [3.05, 3.63) is 83.4 Å². The van der Waals surface area contributed by atoms with Gasteiger partial charge in [0.1, 0.15) is 18.0 Å². The third-order valence-corrected chi connectivity index (χ3v) is 6.70. The zero-order valence-corrected chi connectivity index (χ0v) is 21.0. The van der Waals surface area contributed by atoms with Crippen molar-refractivity contribution in [2.75, 3.05) is 41.0 Å². The first-order chi connectivity index (χ1) is 18.1. The van der Waals surface area contributed by atoms with E-state index in [1.807, 2.05) is 66.7 Å². The number of aromatic amines is 1. The molecule has 4 aromatic rings. The first-order valence-corrected chi connectivity index (χ1v) is 12.1. The quantitative estimate of drug-likeness (QED) is 0.338. The summed E-state index contributed by atoms with van der Waals surface area (Å²) in [6, 6.07) is 20.6. The van der Waals surface area contributed by atoms with E-state index in [-0.39, 0.29) is 18.4 Å².